The van der Waals surface area contributed by atoms with E-state index < -0.39 is 6.09 Å². The summed E-state index contributed by atoms with van der Waals surface area (Å²) in [5.74, 6) is 0.599. The molecule has 3 nitrogen and oxygen atoms in total. The summed E-state index contributed by atoms with van der Waals surface area (Å²) in [6.45, 7) is 0.658. The van der Waals surface area contributed by atoms with Gasteiger partial charge in [0, 0.05) is 6.54 Å². The smallest absolute Gasteiger partial charge is 0.404 e. The molecular weight excluding hydrogens is 166 g/mol. The van der Waals surface area contributed by atoms with Gasteiger partial charge in [0.25, 0.3) is 0 Å². The molecule has 0 heterocycles. The average Bonchev–Trinajstić information content (AvgIpc) is 2.85. The third-order valence-electron chi connectivity index (χ3n) is 3.66. The zero-order valence-electron chi connectivity index (χ0n) is 7.88. The van der Waals surface area contributed by atoms with Crippen molar-refractivity contribution in [2.45, 2.75) is 38.5 Å². The van der Waals surface area contributed by atoms with Crippen molar-refractivity contribution in [1.29, 1.82) is 0 Å². The summed E-state index contributed by atoms with van der Waals surface area (Å²) in [7, 11) is 0. The molecular formula is C10H17NO2. The Labute approximate surface area is 78.5 Å². The summed E-state index contributed by atoms with van der Waals surface area (Å²) in [6.07, 6.45) is 7.07. The summed E-state index contributed by atoms with van der Waals surface area (Å²) in [6, 6.07) is 0. The molecule has 2 N–H and O–H groups in total. The second kappa shape index (κ2) is 3.20. The fraction of sp³-hybridized carbons (Fsp3) is 0.900. The van der Waals surface area contributed by atoms with Crippen LogP contribution in [0.1, 0.15) is 38.5 Å². The standard InChI is InChI=1S/C10H17NO2/c12-9(13)11-7-8-1-3-10(4-2-8)5-6-10/h8,11H,1-7H2,(H,12,13). The lowest BCUT2D eigenvalue weighted by Gasteiger charge is -2.28. The van der Waals surface area contributed by atoms with Crippen LogP contribution in [0, 0.1) is 11.3 Å². The SMILES string of the molecule is O=C(O)NCC1CCC2(CC1)CC2. The van der Waals surface area contributed by atoms with Gasteiger partial charge in [-0.25, -0.2) is 4.79 Å². The van der Waals surface area contributed by atoms with Gasteiger partial charge in [0.2, 0.25) is 0 Å². The molecule has 1 spiro atoms. The molecule has 13 heavy (non-hydrogen) atoms. The Bertz CT molecular complexity index is 201. The Balaban J connectivity index is 1.69. The molecule has 0 aliphatic heterocycles. The van der Waals surface area contributed by atoms with Crippen molar-refractivity contribution in [2.24, 2.45) is 11.3 Å². The first-order valence-corrected chi connectivity index (χ1v) is 5.17. The molecule has 0 atom stereocenters. The molecule has 2 aliphatic carbocycles. The van der Waals surface area contributed by atoms with Crippen molar-refractivity contribution >= 4 is 6.09 Å². The number of nitrogens with one attached hydrogen (secondary N) is 1. The Hall–Kier alpha value is -0.730. The zero-order chi connectivity index (χ0) is 9.31. The molecule has 74 valence electrons. The van der Waals surface area contributed by atoms with E-state index >= 15 is 0 Å². The molecule has 2 saturated carbocycles. The third kappa shape index (κ3) is 2.14. The van der Waals surface area contributed by atoms with E-state index in [-0.39, 0.29) is 0 Å². The van der Waals surface area contributed by atoms with Crippen molar-refractivity contribution in [1.82, 2.24) is 5.32 Å². The Morgan fingerprint density at radius 1 is 1.31 bits per heavy atom. The highest BCUT2D eigenvalue weighted by Gasteiger charge is 2.44. The molecule has 2 fully saturated rings. The van der Waals surface area contributed by atoms with Crippen LogP contribution in [-0.4, -0.2) is 17.7 Å². The van der Waals surface area contributed by atoms with E-state index in [1.54, 1.807) is 0 Å². The molecule has 0 aromatic carbocycles. The van der Waals surface area contributed by atoms with Crippen LogP contribution in [0.3, 0.4) is 0 Å². The number of hydrogen-bond acceptors (Lipinski definition) is 1. The molecule has 0 radical (unpaired) electrons. The number of carbonyl (C=O) groups is 1. The van der Waals surface area contributed by atoms with Crippen LogP contribution in [0.5, 0.6) is 0 Å². The lowest BCUT2D eigenvalue weighted by Crippen LogP contribution is -2.30. The summed E-state index contributed by atoms with van der Waals surface area (Å²) < 4.78 is 0. The minimum atomic E-state index is -0.883. The maximum Gasteiger partial charge on any atom is 0.404 e. The number of amides is 1. The van der Waals surface area contributed by atoms with Gasteiger partial charge in [-0.1, -0.05) is 0 Å². The van der Waals surface area contributed by atoms with Crippen molar-refractivity contribution in [3.05, 3.63) is 0 Å². The highest BCUT2D eigenvalue weighted by Crippen LogP contribution is 2.56. The van der Waals surface area contributed by atoms with Gasteiger partial charge in [-0.05, 0) is 49.9 Å². The maximum absolute atomic E-state index is 10.3. The van der Waals surface area contributed by atoms with E-state index in [4.69, 9.17) is 5.11 Å². The monoisotopic (exact) mass is 183 g/mol. The van der Waals surface area contributed by atoms with Crippen LogP contribution in [0.2, 0.25) is 0 Å². The minimum Gasteiger partial charge on any atom is -0.465 e. The van der Waals surface area contributed by atoms with E-state index in [1.807, 2.05) is 0 Å². The lowest BCUT2D eigenvalue weighted by atomic mass is 9.80. The van der Waals surface area contributed by atoms with Crippen LogP contribution in [0.4, 0.5) is 4.79 Å². The normalized spacial score (nSPS) is 25.8. The predicted octanol–water partition coefficient (Wildman–Crippen LogP) is 2.22. The molecule has 0 aromatic rings. The fourth-order valence-electron chi connectivity index (χ4n) is 2.40. The first-order chi connectivity index (χ1) is 6.20. The molecule has 0 bridgehead atoms. The third-order valence-corrected chi connectivity index (χ3v) is 3.66. The second-order valence-electron chi connectivity index (χ2n) is 4.63. The molecule has 2 aliphatic rings. The van der Waals surface area contributed by atoms with Crippen LogP contribution < -0.4 is 5.32 Å². The number of rotatable bonds is 2. The Morgan fingerprint density at radius 2 is 1.92 bits per heavy atom. The summed E-state index contributed by atoms with van der Waals surface area (Å²) in [5, 5.41) is 10.9. The van der Waals surface area contributed by atoms with Gasteiger partial charge in [-0.15, -0.1) is 0 Å². The minimum absolute atomic E-state index is 0.599. The second-order valence-corrected chi connectivity index (χ2v) is 4.63. The zero-order valence-corrected chi connectivity index (χ0v) is 7.88. The van der Waals surface area contributed by atoms with E-state index in [1.165, 1.54) is 38.5 Å². The van der Waals surface area contributed by atoms with Gasteiger partial charge in [0.05, 0.1) is 0 Å². The van der Waals surface area contributed by atoms with Gasteiger partial charge < -0.3 is 10.4 Å². The molecule has 1 amide bonds. The number of carboxylic acid groups (broad SMARTS) is 1. The molecule has 0 aromatic heterocycles. The van der Waals surface area contributed by atoms with Crippen molar-refractivity contribution < 1.29 is 9.90 Å². The van der Waals surface area contributed by atoms with Crippen LogP contribution in [0.25, 0.3) is 0 Å². The molecule has 2 rings (SSSR count). The largest absolute Gasteiger partial charge is 0.465 e. The van der Waals surface area contributed by atoms with Crippen molar-refractivity contribution in [3.63, 3.8) is 0 Å². The number of hydrogen-bond donors (Lipinski definition) is 2. The summed E-state index contributed by atoms with van der Waals surface area (Å²) >= 11 is 0. The van der Waals surface area contributed by atoms with Crippen molar-refractivity contribution in [3.8, 4) is 0 Å². The quantitative estimate of drug-likeness (QED) is 0.689. The van der Waals surface area contributed by atoms with Crippen molar-refractivity contribution in [2.75, 3.05) is 6.54 Å². The van der Waals surface area contributed by atoms with Crippen LogP contribution >= 0.6 is 0 Å². The topological polar surface area (TPSA) is 49.3 Å². The van der Waals surface area contributed by atoms with E-state index in [9.17, 15) is 4.79 Å². The Morgan fingerprint density at radius 3 is 2.38 bits per heavy atom. The van der Waals surface area contributed by atoms with E-state index in [0.29, 0.717) is 12.5 Å². The highest BCUT2D eigenvalue weighted by atomic mass is 16.4. The molecule has 0 saturated heterocycles. The van der Waals surface area contributed by atoms with Gasteiger partial charge in [0.1, 0.15) is 0 Å². The first-order valence-electron chi connectivity index (χ1n) is 5.17. The average molecular weight is 183 g/mol. The van der Waals surface area contributed by atoms with Crippen LogP contribution in [0.15, 0.2) is 0 Å². The van der Waals surface area contributed by atoms with Gasteiger partial charge >= 0.3 is 6.09 Å². The fourth-order valence-corrected chi connectivity index (χ4v) is 2.40. The van der Waals surface area contributed by atoms with E-state index in [0.717, 1.165) is 5.41 Å². The van der Waals surface area contributed by atoms with Crippen LogP contribution in [-0.2, 0) is 0 Å². The van der Waals surface area contributed by atoms with Gasteiger partial charge in [0.15, 0.2) is 0 Å². The highest BCUT2D eigenvalue weighted by molar-refractivity contribution is 5.64. The predicted molar refractivity (Wildman–Crippen MR) is 49.7 cm³/mol. The first kappa shape index (κ1) is 8.85. The van der Waals surface area contributed by atoms with Gasteiger partial charge in [-0.3, -0.25) is 0 Å². The molecule has 3 heteroatoms. The Kier molecular flexibility index (Phi) is 2.18. The molecule has 0 unspecified atom stereocenters. The lowest BCUT2D eigenvalue weighted by molar-refractivity contribution is 0.187. The van der Waals surface area contributed by atoms with Gasteiger partial charge in [-0.2, -0.15) is 0 Å². The maximum atomic E-state index is 10.3. The summed E-state index contributed by atoms with van der Waals surface area (Å²) in [4.78, 5) is 10.3. The van der Waals surface area contributed by atoms with E-state index in [2.05, 4.69) is 5.32 Å². The summed E-state index contributed by atoms with van der Waals surface area (Å²) in [5.41, 5.74) is 0.722.